The molecule has 0 amide bonds. The number of nitrogens with one attached hydrogen (secondary N) is 2. The van der Waals surface area contributed by atoms with Gasteiger partial charge in [-0.25, -0.2) is 0 Å². The second-order valence-corrected chi connectivity index (χ2v) is 3.05. The van der Waals surface area contributed by atoms with E-state index in [-0.39, 0.29) is 6.15 Å². The summed E-state index contributed by atoms with van der Waals surface area (Å²) in [6, 6.07) is 0.300. The van der Waals surface area contributed by atoms with E-state index < -0.39 is 0 Å². The lowest BCUT2D eigenvalue weighted by Crippen LogP contribution is -2.32. The normalized spacial score (nSPS) is 12.2. The molecule has 0 spiro atoms. The Bertz CT molecular complexity index is 86.6. The Kier molecular flexibility index (Phi) is 13.9. The highest BCUT2D eigenvalue weighted by atomic mass is 14.9. The van der Waals surface area contributed by atoms with Crippen molar-refractivity contribution < 1.29 is 0 Å². The summed E-state index contributed by atoms with van der Waals surface area (Å²) in [5.74, 6) is 0. The van der Waals surface area contributed by atoms with Crippen LogP contribution < -0.4 is 28.3 Å². The molecular formula is C8H25N5. The molecule has 0 fully saturated rings. The molecule has 0 aromatic carbocycles. The Morgan fingerprint density at radius 2 is 1.62 bits per heavy atom. The van der Waals surface area contributed by atoms with Gasteiger partial charge in [-0.05, 0) is 19.9 Å². The van der Waals surface area contributed by atoms with Gasteiger partial charge < -0.3 is 28.3 Å². The molecule has 0 aliphatic carbocycles. The first-order chi connectivity index (χ1) is 5.77. The van der Waals surface area contributed by atoms with Gasteiger partial charge in [0.15, 0.2) is 0 Å². The van der Waals surface area contributed by atoms with Crippen LogP contribution in [0.1, 0.15) is 13.3 Å². The van der Waals surface area contributed by atoms with Gasteiger partial charge in [0.2, 0.25) is 0 Å². The molecule has 5 nitrogen and oxygen atoms in total. The van der Waals surface area contributed by atoms with Crippen LogP contribution in [0.3, 0.4) is 0 Å². The first-order valence-corrected chi connectivity index (χ1v) is 4.64. The second kappa shape index (κ2) is 11.8. The molecule has 0 aliphatic rings. The third kappa shape index (κ3) is 14.6. The van der Waals surface area contributed by atoms with Crippen molar-refractivity contribution in [3.63, 3.8) is 0 Å². The minimum atomic E-state index is 0. The Balaban J connectivity index is 0. The van der Waals surface area contributed by atoms with E-state index in [0.29, 0.717) is 12.6 Å². The third-order valence-corrected chi connectivity index (χ3v) is 1.58. The van der Waals surface area contributed by atoms with Crippen LogP contribution >= 0.6 is 0 Å². The molecule has 5 heteroatoms. The van der Waals surface area contributed by atoms with Gasteiger partial charge >= 0.3 is 0 Å². The number of rotatable bonds is 8. The maximum Gasteiger partial charge on any atom is 0.00772 e. The molecule has 0 aromatic rings. The van der Waals surface area contributed by atoms with E-state index in [1.807, 2.05) is 6.92 Å². The van der Waals surface area contributed by atoms with Gasteiger partial charge in [0, 0.05) is 32.2 Å². The SMILES string of the molecule is CC(N)CCNCCNCCN.N. The fourth-order valence-corrected chi connectivity index (χ4v) is 0.859. The zero-order valence-corrected chi connectivity index (χ0v) is 8.68. The maximum absolute atomic E-state index is 5.58. The number of nitrogens with two attached hydrogens (primary N) is 2. The number of hydrogen-bond donors (Lipinski definition) is 5. The summed E-state index contributed by atoms with van der Waals surface area (Å²) in [5, 5.41) is 6.50. The van der Waals surface area contributed by atoms with E-state index in [1.165, 1.54) is 0 Å². The van der Waals surface area contributed by atoms with Gasteiger partial charge in [-0.2, -0.15) is 0 Å². The van der Waals surface area contributed by atoms with Crippen LogP contribution in [0, 0.1) is 0 Å². The average Bonchev–Trinajstić information content (AvgIpc) is 2.02. The zero-order valence-electron chi connectivity index (χ0n) is 8.68. The van der Waals surface area contributed by atoms with Crippen molar-refractivity contribution in [1.82, 2.24) is 16.8 Å². The van der Waals surface area contributed by atoms with Gasteiger partial charge in [0.25, 0.3) is 0 Å². The fraction of sp³-hybridized carbons (Fsp3) is 1.00. The molecule has 0 bridgehead atoms. The maximum atomic E-state index is 5.58. The molecule has 0 heterocycles. The van der Waals surface area contributed by atoms with Gasteiger partial charge in [0.1, 0.15) is 0 Å². The molecule has 0 aliphatic heterocycles. The molecular weight excluding hydrogens is 166 g/mol. The van der Waals surface area contributed by atoms with Crippen LogP contribution in [0.25, 0.3) is 0 Å². The van der Waals surface area contributed by atoms with Gasteiger partial charge in [-0.3, -0.25) is 0 Å². The van der Waals surface area contributed by atoms with Crippen molar-refractivity contribution in [3.8, 4) is 0 Å². The molecule has 0 saturated heterocycles. The lowest BCUT2D eigenvalue weighted by molar-refractivity contribution is 0.567. The quantitative estimate of drug-likeness (QED) is 0.317. The highest BCUT2D eigenvalue weighted by Gasteiger charge is 1.92. The molecule has 1 atom stereocenters. The topological polar surface area (TPSA) is 111 Å². The molecule has 0 rings (SSSR count). The van der Waals surface area contributed by atoms with Crippen molar-refractivity contribution >= 4 is 0 Å². The molecule has 0 radical (unpaired) electrons. The first-order valence-electron chi connectivity index (χ1n) is 4.64. The first kappa shape index (κ1) is 15.3. The fourth-order valence-electron chi connectivity index (χ4n) is 0.859. The van der Waals surface area contributed by atoms with Crippen LogP contribution in [-0.4, -0.2) is 38.8 Å². The lowest BCUT2D eigenvalue weighted by Gasteiger charge is -2.07. The highest BCUT2D eigenvalue weighted by Crippen LogP contribution is 1.80. The monoisotopic (exact) mass is 191 g/mol. The molecule has 13 heavy (non-hydrogen) atoms. The van der Waals surface area contributed by atoms with Crippen molar-refractivity contribution in [2.75, 3.05) is 32.7 Å². The molecule has 0 saturated carbocycles. The molecule has 1 unspecified atom stereocenters. The van der Waals surface area contributed by atoms with E-state index in [1.54, 1.807) is 0 Å². The van der Waals surface area contributed by atoms with Crippen LogP contribution in [0.15, 0.2) is 0 Å². The summed E-state index contributed by atoms with van der Waals surface area (Å²) >= 11 is 0. The Hall–Kier alpha value is -0.200. The van der Waals surface area contributed by atoms with Crippen LogP contribution in [0.5, 0.6) is 0 Å². The van der Waals surface area contributed by atoms with E-state index in [4.69, 9.17) is 11.5 Å². The van der Waals surface area contributed by atoms with Crippen molar-refractivity contribution in [3.05, 3.63) is 0 Å². The predicted octanol–water partition coefficient (Wildman–Crippen LogP) is -0.976. The van der Waals surface area contributed by atoms with Crippen molar-refractivity contribution in [2.24, 2.45) is 11.5 Å². The second-order valence-electron chi connectivity index (χ2n) is 3.05. The van der Waals surface area contributed by atoms with E-state index in [2.05, 4.69) is 10.6 Å². The largest absolute Gasteiger partial charge is 0.344 e. The molecule has 82 valence electrons. The molecule has 0 aromatic heterocycles. The lowest BCUT2D eigenvalue weighted by atomic mass is 10.2. The van der Waals surface area contributed by atoms with Crippen molar-refractivity contribution in [1.29, 1.82) is 0 Å². The number of hydrogen-bond acceptors (Lipinski definition) is 5. The smallest absolute Gasteiger partial charge is 0.00772 e. The van der Waals surface area contributed by atoms with Crippen LogP contribution in [0.2, 0.25) is 0 Å². The van der Waals surface area contributed by atoms with Gasteiger partial charge in [-0.1, -0.05) is 0 Å². The summed E-state index contributed by atoms with van der Waals surface area (Å²) in [6.07, 6.45) is 1.04. The predicted molar refractivity (Wildman–Crippen MR) is 58.1 cm³/mol. The minimum Gasteiger partial charge on any atom is -0.344 e. The minimum absolute atomic E-state index is 0. The standard InChI is InChI=1S/C8H22N4.H3N/c1-8(10)2-4-11-6-7-12-5-3-9;/h8,11-12H,2-7,9-10H2,1H3;1H3. The highest BCUT2D eigenvalue weighted by molar-refractivity contribution is 4.57. The van der Waals surface area contributed by atoms with Gasteiger partial charge in [-0.15, -0.1) is 0 Å². The average molecular weight is 191 g/mol. The third-order valence-electron chi connectivity index (χ3n) is 1.58. The van der Waals surface area contributed by atoms with Crippen LogP contribution in [0.4, 0.5) is 0 Å². The van der Waals surface area contributed by atoms with E-state index in [0.717, 1.165) is 32.6 Å². The summed E-state index contributed by atoms with van der Waals surface area (Å²) in [6.45, 7) is 6.61. The Morgan fingerprint density at radius 3 is 2.08 bits per heavy atom. The van der Waals surface area contributed by atoms with Crippen molar-refractivity contribution in [2.45, 2.75) is 19.4 Å². The van der Waals surface area contributed by atoms with E-state index in [9.17, 15) is 0 Å². The zero-order chi connectivity index (χ0) is 9.23. The summed E-state index contributed by atoms with van der Waals surface area (Å²) in [4.78, 5) is 0. The van der Waals surface area contributed by atoms with E-state index >= 15 is 0 Å². The summed E-state index contributed by atoms with van der Waals surface area (Å²) in [5.41, 5.74) is 10.9. The molecule has 9 N–H and O–H groups in total. The Morgan fingerprint density at radius 1 is 1.08 bits per heavy atom. The summed E-state index contributed by atoms with van der Waals surface area (Å²) in [7, 11) is 0. The summed E-state index contributed by atoms with van der Waals surface area (Å²) < 4.78 is 0. The van der Waals surface area contributed by atoms with Gasteiger partial charge in [0.05, 0.1) is 0 Å². The van der Waals surface area contributed by atoms with Crippen LogP contribution in [-0.2, 0) is 0 Å². The Labute approximate surface area is 81.2 Å².